The molecule has 0 bridgehead atoms. The molecule has 0 radical (unpaired) electrons. The van der Waals surface area contributed by atoms with Crippen molar-refractivity contribution in [2.45, 2.75) is 33.3 Å². The molecule has 1 heterocycles. The third-order valence-electron chi connectivity index (χ3n) is 3.37. The van der Waals surface area contributed by atoms with Gasteiger partial charge in [-0.1, -0.05) is 6.92 Å². The zero-order chi connectivity index (χ0) is 18.6. The van der Waals surface area contributed by atoms with Crippen molar-refractivity contribution in [1.82, 2.24) is 0 Å². The molecule has 134 valence electrons. The summed E-state index contributed by atoms with van der Waals surface area (Å²) in [5.74, 6) is -0.423. The Balaban J connectivity index is 2.24. The number of aromatic carboxylic acids is 1. The maximum absolute atomic E-state index is 12.3. The molecular formula is C18H21NO6. The minimum absolute atomic E-state index is 0.00814. The van der Waals surface area contributed by atoms with Gasteiger partial charge >= 0.3 is 5.97 Å². The molecule has 0 aliphatic carbocycles. The van der Waals surface area contributed by atoms with Crippen LogP contribution in [0.3, 0.4) is 0 Å². The highest BCUT2D eigenvalue weighted by Crippen LogP contribution is 2.31. The summed E-state index contributed by atoms with van der Waals surface area (Å²) in [4.78, 5) is 23.5. The van der Waals surface area contributed by atoms with Gasteiger partial charge < -0.3 is 24.3 Å². The number of carbonyl (C=O) groups excluding carboxylic acids is 1. The second kappa shape index (κ2) is 7.74. The van der Waals surface area contributed by atoms with Gasteiger partial charge in [-0.25, -0.2) is 4.79 Å². The van der Waals surface area contributed by atoms with Crippen molar-refractivity contribution in [3.63, 3.8) is 0 Å². The van der Waals surface area contributed by atoms with Gasteiger partial charge in [-0.05, 0) is 26.0 Å². The van der Waals surface area contributed by atoms with Crippen LogP contribution in [0.2, 0.25) is 0 Å². The second-order valence-electron chi connectivity index (χ2n) is 5.59. The molecule has 0 saturated heterocycles. The van der Waals surface area contributed by atoms with E-state index in [-0.39, 0.29) is 23.2 Å². The molecule has 1 aromatic heterocycles. The zero-order valence-corrected chi connectivity index (χ0v) is 14.6. The number of ether oxygens (including phenoxy) is 2. The van der Waals surface area contributed by atoms with Crippen LogP contribution in [0.25, 0.3) is 0 Å². The van der Waals surface area contributed by atoms with Crippen molar-refractivity contribution in [3.05, 3.63) is 41.3 Å². The Hall–Kier alpha value is -2.96. The molecule has 0 unspecified atom stereocenters. The van der Waals surface area contributed by atoms with Crippen molar-refractivity contribution in [3.8, 4) is 11.5 Å². The first-order valence-electron chi connectivity index (χ1n) is 7.87. The molecule has 0 atom stereocenters. The number of furan rings is 1. The van der Waals surface area contributed by atoms with Gasteiger partial charge in [0.25, 0.3) is 5.91 Å². The first-order valence-corrected chi connectivity index (χ1v) is 7.87. The predicted octanol–water partition coefficient (Wildman–Crippen LogP) is 3.59. The molecule has 2 aromatic rings. The lowest BCUT2D eigenvalue weighted by molar-refractivity contribution is 0.0694. The minimum Gasteiger partial charge on any atom is -0.493 e. The number of anilines is 1. The lowest BCUT2D eigenvalue weighted by atomic mass is 10.2. The van der Waals surface area contributed by atoms with Gasteiger partial charge in [0.2, 0.25) is 0 Å². The van der Waals surface area contributed by atoms with Crippen LogP contribution in [0, 0.1) is 0 Å². The van der Waals surface area contributed by atoms with Crippen molar-refractivity contribution in [2.24, 2.45) is 0 Å². The summed E-state index contributed by atoms with van der Waals surface area (Å²) in [6.07, 6.45) is 0.319. The highest BCUT2D eigenvalue weighted by molar-refractivity contribution is 6.04. The number of carboxylic acids is 1. The van der Waals surface area contributed by atoms with E-state index in [9.17, 15) is 9.59 Å². The van der Waals surface area contributed by atoms with Gasteiger partial charge in [-0.2, -0.15) is 0 Å². The summed E-state index contributed by atoms with van der Waals surface area (Å²) >= 11 is 0. The van der Waals surface area contributed by atoms with Crippen LogP contribution in [0.5, 0.6) is 11.5 Å². The van der Waals surface area contributed by atoms with E-state index in [2.05, 4.69) is 5.32 Å². The molecule has 7 heteroatoms. The molecule has 0 spiro atoms. The Kier molecular flexibility index (Phi) is 5.69. The maximum Gasteiger partial charge on any atom is 0.339 e. The number of aryl methyl sites for hydroxylation is 1. The van der Waals surface area contributed by atoms with E-state index >= 15 is 0 Å². The van der Waals surface area contributed by atoms with E-state index in [1.54, 1.807) is 25.1 Å². The average Bonchev–Trinajstić information content (AvgIpc) is 2.99. The number of hydrogen-bond donors (Lipinski definition) is 2. The van der Waals surface area contributed by atoms with Crippen molar-refractivity contribution in [1.29, 1.82) is 0 Å². The number of carboxylic acid groups (broad SMARTS) is 1. The molecule has 7 nitrogen and oxygen atoms in total. The first-order chi connectivity index (χ1) is 11.8. The Morgan fingerprint density at radius 1 is 1.24 bits per heavy atom. The fourth-order valence-corrected chi connectivity index (χ4v) is 2.28. The topological polar surface area (TPSA) is 98.0 Å². The van der Waals surface area contributed by atoms with Gasteiger partial charge in [-0.15, -0.1) is 0 Å². The Morgan fingerprint density at radius 3 is 2.48 bits per heavy atom. The minimum atomic E-state index is -1.13. The number of methoxy groups -OCH3 is 1. The standard InChI is InChI=1S/C18H21NO6/c1-5-13-12(18(21)22)9-16(25-13)17(20)19-11-6-7-14(23-4)15(8-11)24-10(2)3/h6-10H,5H2,1-4H3,(H,19,20)(H,21,22). The molecule has 0 aliphatic heterocycles. The largest absolute Gasteiger partial charge is 0.493 e. The van der Waals surface area contributed by atoms with Crippen molar-refractivity contribution in [2.75, 3.05) is 12.4 Å². The molecule has 1 aromatic carbocycles. The molecule has 0 saturated carbocycles. The maximum atomic E-state index is 12.3. The Bertz CT molecular complexity index is 778. The number of hydrogen-bond acceptors (Lipinski definition) is 5. The van der Waals surface area contributed by atoms with Crippen LogP contribution in [-0.2, 0) is 6.42 Å². The predicted molar refractivity (Wildman–Crippen MR) is 91.8 cm³/mol. The lowest BCUT2D eigenvalue weighted by Gasteiger charge is -2.14. The van der Waals surface area contributed by atoms with Gasteiger partial charge in [0, 0.05) is 24.2 Å². The molecular weight excluding hydrogens is 326 g/mol. The zero-order valence-electron chi connectivity index (χ0n) is 14.6. The summed E-state index contributed by atoms with van der Waals surface area (Å²) < 4.78 is 16.2. The number of nitrogens with one attached hydrogen (secondary N) is 1. The number of benzene rings is 1. The van der Waals surface area contributed by atoms with Crippen LogP contribution in [0.1, 0.15) is 47.4 Å². The van der Waals surface area contributed by atoms with Gasteiger partial charge in [0.15, 0.2) is 17.3 Å². The molecule has 2 rings (SSSR count). The molecule has 25 heavy (non-hydrogen) atoms. The van der Waals surface area contributed by atoms with Crippen molar-refractivity contribution < 1.29 is 28.6 Å². The van der Waals surface area contributed by atoms with E-state index in [4.69, 9.17) is 19.0 Å². The summed E-state index contributed by atoms with van der Waals surface area (Å²) in [5.41, 5.74) is 0.471. The fraction of sp³-hybridized carbons (Fsp3) is 0.333. The Morgan fingerprint density at radius 2 is 1.96 bits per heavy atom. The third-order valence-corrected chi connectivity index (χ3v) is 3.37. The summed E-state index contributed by atoms with van der Waals surface area (Å²) in [6, 6.07) is 6.20. The average molecular weight is 347 g/mol. The van der Waals surface area contributed by atoms with E-state index in [0.29, 0.717) is 23.6 Å². The molecule has 0 aliphatic rings. The third kappa shape index (κ3) is 4.32. The highest BCUT2D eigenvalue weighted by atomic mass is 16.5. The van der Waals surface area contributed by atoms with Crippen LogP contribution < -0.4 is 14.8 Å². The van der Waals surface area contributed by atoms with Gasteiger partial charge in [-0.3, -0.25) is 4.79 Å². The number of rotatable bonds is 7. The number of carbonyl (C=O) groups is 2. The van der Waals surface area contributed by atoms with E-state index < -0.39 is 11.9 Å². The van der Waals surface area contributed by atoms with Crippen LogP contribution >= 0.6 is 0 Å². The van der Waals surface area contributed by atoms with Gasteiger partial charge in [0.1, 0.15) is 11.3 Å². The monoisotopic (exact) mass is 347 g/mol. The van der Waals surface area contributed by atoms with E-state index in [1.807, 2.05) is 13.8 Å². The Labute approximate surface area is 145 Å². The van der Waals surface area contributed by atoms with Crippen LogP contribution in [-0.4, -0.2) is 30.2 Å². The summed E-state index contributed by atoms with van der Waals surface area (Å²) in [5, 5.41) is 11.8. The lowest BCUT2D eigenvalue weighted by Crippen LogP contribution is -2.12. The second-order valence-corrected chi connectivity index (χ2v) is 5.59. The first kappa shape index (κ1) is 18.4. The normalized spacial score (nSPS) is 10.6. The smallest absolute Gasteiger partial charge is 0.339 e. The van der Waals surface area contributed by atoms with E-state index in [0.717, 1.165) is 0 Å². The quantitative estimate of drug-likeness (QED) is 0.794. The molecule has 2 N–H and O–H groups in total. The van der Waals surface area contributed by atoms with Crippen molar-refractivity contribution >= 4 is 17.6 Å². The van der Waals surface area contributed by atoms with Gasteiger partial charge in [0.05, 0.1) is 13.2 Å². The summed E-state index contributed by atoms with van der Waals surface area (Å²) in [6.45, 7) is 5.52. The molecule has 1 amide bonds. The highest BCUT2D eigenvalue weighted by Gasteiger charge is 2.20. The molecule has 0 fully saturated rings. The summed E-state index contributed by atoms with van der Waals surface area (Å²) in [7, 11) is 1.53. The van der Waals surface area contributed by atoms with E-state index in [1.165, 1.54) is 13.2 Å². The SMILES string of the molecule is CCc1oc(C(=O)Nc2ccc(OC)c(OC(C)C)c2)cc1C(=O)O. The van der Waals surface area contributed by atoms with Crippen LogP contribution in [0.15, 0.2) is 28.7 Å². The van der Waals surface area contributed by atoms with Crippen LogP contribution in [0.4, 0.5) is 5.69 Å². The number of amides is 1. The fourth-order valence-electron chi connectivity index (χ4n) is 2.28.